The summed E-state index contributed by atoms with van der Waals surface area (Å²) in [6, 6.07) is 12.4. The molecule has 1 aromatic heterocycles. The number of carbonyl (C=O) groups excluding carboxylic acids is 1. The van der Waals surface area contributed by atoms with Gasteiger partial charge in [0.25, 0.3) is 0 Å². The van der Waals surface area contributed by atoms with Crippen LogP contribution < -0.4 is 11.5 Å². The number of nitrogens with two attached hydrogens (primary N) is 2. The molecule has 2 aromatic carbocycles. The first-order valence-corrected chi connectivity index (χ1v) is 10.5. The van der Waals surface area contributed by atoms with Crippen molar-refractivity contribution in [1.29, 1.82) is 0 Å². The highest BCUT2D eigenvalue weighted by molar-refractivity contribution is 6.11. The van der Waals surface area contributed by atoms with E-state index in [9.17, 15) is 9.18 Å². The van der Waals surface area contributed by atoms with E-state index in [-0.39, 0.29) is 23.5 Å². The highest BCUT2D eigenvalue weighted by Crippen LogP contribution is 2.39. The molecule has 0 aliphatic heterocycles. The monoisotopic (exact) mass is 405 g/mol. The Morgan fingerprint density at radius 1 is 1.17 bits per heavy atom. The van der Waals surface area contributed by atoms with Gasteiger partial charge in [-0.25, -0.2) is 4.39 Å². The first kappa shape index (κ1) is 20.2. The average Bonchev–Trinajstić information content (AvgIpc) is 3.07. The number of ketones is 1. The minimum Gasteiger partial charge on any atom is -0.386 e. The van der Waals surface area contributed by atoms with E-state index in [0.717, 1.165) is 28.4 Å². The minimum atomic E-state index is -0.0262. The maximum Gasteiger partial charge on any atom is 0.163 e. The third-order valence-corrected chi connectivity index (χ3v) is 6.27. The number of fused-ring (bicyclic) bond motifs is 3. The summed E-state index contributed by atoms with van der Waals surface area (Å²) in [6.45, 7) is 3.96. The molecule has 0 amide bonds. The number of nitrogens with zero attached hydrogens (tertiary/aromatic N) is 1. The quantitative estimate of drug-likeness (QED) is 0.527. The van der Waals surface area contributed by atoms with Gasteiger partial charge in [0.2, 0.25) is 0 Å². The van der Waals surface area contributed by atoms with E-state index in [4.69, 9.17) is 11.5 Å². The molecule has 1 aliphatic carbocycles. The van der Waals surface area contributed by atoms with Gasteiger partial charge in [-0.05, 0) is 56.4 Å². The molecule has 0 fully saturated rings. The maximum atomic E-state index is 13.7. The van der Waals surface area contributed by atoms with Crippen molar-refractivity contribution >= 4 is 27.6 Å². The summed E-state index contributed by atoms with van der Waals surface area (Å²) < 4.78 is 16.0. The molecule has 5 heteroatoms. The van der Waals surface area contributed by atoms with Gasteiger partial charge in [-0.1, -0.05) is 30.3 Å². The number of rotatable bonds is 5. The van der Waals surface area contributed by atoms with Crippen LogP contribution in [-0.4, -0.2) is 10.4 Å². The second-order valence-electron chi connectivity index (χ2n) is 8.31. The molecule has 0 saturated heterocycles. The van der Waals surface area contributed by atoms with Crippen LogP contribution in [0.15, 0.2) is 59.7 Å². The summed E-state index contributed by atoms with van der Waals surface area (Å²) in [6.07, 6.45) is 4.49. The Kier molecular flexibility index (Phi) is 5.37. The predicted octanol–water partition coefficient (Wildman–Crippen LogP) is 5.79. The highest BCUT2D eigenvalue weighted by Gasteiger charge is 2.22. The van der Waals surface area contributed by atoms with Crippen LogP contribution in [0.3, 0.4) is 0 Å². The standard InChI is InChI=1S/C25H28FN3O/c1-15-4-3-5-21-24(15)20-12-7-17(23(30)13-6-16(2)25(27)28)14-22(20)29(21)19-10-8-18(26)9-11-19/h3-5,7-8,12,14,19H,6,9-11,13,27-28H2,1-2H3. The molecule has 0 saturated carbocycles. The van der Waals surface area contributed by atoms with E-state index in [2.05, 4.69) is 29.7 Å². The molecular formula is C25H28FN3O. The predicted molar refractivity (Wildman–Crippen MR) is 121 cm³/mol. The molecule has 1 unspecified atom stereocenters. The average molecular weight is 406 g/mol. The van der Waals surface area contributed by atoms with Crippen LogP contribution in [0.5, 0.6) is 0 Å². The van der Waals surface area contributed by atoms with E-state index in [0.29, 0.717) is 31.2 Å². The molecule has 4 rings (SSSR count). The Morgan fingerprint density at radius 2 is 1.97 bits per heavy atom. The molecule has 0 spiro atoms. The number of halogens is 1. The van der Waals surface area contributed by atoms with Gasteiger partial charge in [-0.3, -0.25) is 4.79 Å². The lowest BCUT2D eigenvalue weighted by Crippen LogP contribution is -2.12. The molecule has 0 radical (unpaired) electrons. The molecular weight excluding hydrogens is 377 g/mol. The summed E-state index contributed by atoms with van der Waals surface area (Å²) in [5.74, 6) is 0.328. The number of aryl methyl sites for hydroxylation is 1. The highest BCUT2D eigenvalue weighted by atomic mass is 19.1. The SMILES string of the molecule is CC(CCC(=O)c1ccc2c3c(C)cccc3n(C3CC=C(F)CC3)c2c1)=C(N)N. The van der Waals surface area contributed by atoms with Crippen LogP contribution in [0.1, 0.15) is 61.0 Å². The molecule has 1 atom stereocenters. The normalized spacial score (nSPS) is 16.6. The molecule has 156 valence electrons. The molecule has 1 aliphatic rings. The fraction of sp³-hybridized carbons (Fsp3) is 0.320. The minimum absolute atomic E-state index is 0.0262. The third-order valence-electron chi connectivity index (χ3n) is 6.27. The second-order valence-corrected chi connectivity index (χ2v) is 8.31. The summed E-state index contributed by atoms with van der Waals surface area (Å²) in [7, 11) is 0. The van der Waals surface area contributed by atoms with Gasteiger partial charge in [0.1, 0.15) is 0 Å². The van der Waals surface area contributed by atoms with Crippen LogP contribution in [-0.2, 0) is 0 Å². The van der Waals surface area contributed by atoms with Crippen molar-refractivity contribution < 1.29 is 9.18 Å². The molecule has 4 N–H and O–H groups in total. The number of carbonyl (C=O) groups is 1. The van der Waals surface area contributed by atoms with Crippen molar-refractivity contribution in [2.75, 3.05) is 0 Å². The Hall–Kier alpha value is -3.08. The zero-order valence-corrected chi connectivity index (χ0v) is 17.5. The largest absolute Gasteiger partial charge is 0.386 e. The summed E-state index contributed by atoms with van der Waals surface area (Å²) in [5.41, 5.74) is 16.1. The molecule has 1 heterocycles. The van der Waals surface area contributed by atoms with Crippen molar-refractivity contribution in [3.8, 4) is 0 Å². The Bertz CT molecular complexity index is 1200. The van der Waals surface area contributed by atoms with E-state index >= 15 is 0 Å². The van der Waals surface area contributed by atoms with Gasteiger partial charge in [-0.15, -0.1) is 0 Å². The van der Waals surface area contributed by atoms with Crippen molar-refractivity contribution in [3.05, 3.63) is 70.8 Å². The van der Waals surface area contributed by atoms with Crippen molar-refractivity contribution in [2.24, 2.45) is 11.5 Å². The Morgan fingerprint density at radius 3 is 2.67 bits per heavy atom. The zero-order valence-electron chi connectivity index (χ0n) is 17.5. The van der Waals surface area contributed by atoms with Gasteiger partial charge >= 0.3 is 0 Å². The zero-order chi connectivity index (χ0) is 21.4. The van der Waals surface area contributed by atoms with E-state index < -0.39 is 0 Å². The Balaban J connectivity index is 1.81. The second kappa shape index (κ2) is 7.98. The summed E-state index contributed by atoms with van der Waals surface area (Å²) >= 11 is 0. The van der Waals surface area contributed by atoms with Crippen LogP contribution in [0.2, 0.25) is 0 Å². The van der Waals surface area contributed by atoms with Crippen molar-refractivity contribution in [3.63, 3.8) is 0 Å². The topological polar surface area (TPSA) is 74.0 Å². The van der Waals surface area contributed by atoms with E-state index in [1.807, 2.05) is 25.1 Å². The first-order chi connectivity index (χ1) is 14.4. The number of benzene rings is 2. The van der Waals surface area contributed by atoms with Gasteiger partial charge < -0.3 is 16.0 Å². The lowest BCUT2D eigenvalue weighted by Gasteiger charge is -2.23. The van der Waals surface area contributed by atoms with Gasteiger partial charge in [0.05, 0.1) is 17.2 Å². The lowest BCUT2D eigenvalue weighted by atomic mass is 9.99. The van der Waals surface area contributed by atoms with E-state index in [1.165, 1.54) is 10.9 Å². The summed E-state index contributed by atoms with van der Waals surface area (Å²) in [5, 5.41) is 2.34. The maximum absolute atomic E-state index is 13.7. The van der Waals surface area contributed by atoms with Crippen LogP contribution in [0.4, 0.5) is 4.39 Å². The smallest absolute Gasteiger partial charge is 0.163 e. The van der Waals surface area contributed by atoms with Gasteiger partial charge in [0, 0.05) is 40.7 Å². The van der Waals surface area contributed by atoms with Crippen LogP contribution >= 0.6 is 0 Å². The van der Waals surface area contributed by atoms with Crippen molar-refractivity contribution in [1.82, 2.24) is 4.57 Å². The summed E-state index contributed by atoms with van der Waals surface area (Å²) in [4.78, 5) is 12.9. The Labute approximate surface area is 176 Å². The fourth-order valence-electron chi connectivity index (χ4n) is 4.45. The number of Topliss-reactive ketones (excluding diaryl/α,β-unsaturated/α-hetero) is 1. The van der Waals surface area contributed by atoms with Crippen LogP contribution in [0.25, 0.3) is 21.8 Å². The molecule has 3 aromatic rings. The first-order valence-electron chi connectivity index (χ1n) is 10.5. The van der Waals surface area contributed by atoms with E-state index in [1.54, 1.807) is 6.08 Å². The lowest BCUT2D eigenvalue weighted by molar-refractivity contribution is 0.0983. The number of hydrogen-bond donors (Lipinski definition) is 2. The van der Waals surface area contributed by atoms with Gasteiger partial charge in [-0.2, -0.15) is 0 Å². The van der Waals surface area contributed by atoms with Crippen molar-refractivity contribution in [2.45, 2.75) is 52.0 Å². The number of aromatic nitrogens is 1. The molecule has 4 nitrogen and oxygen atoms in total. The molecule has 30 heavy (non-hydrogen) atoms. The number of hydrogen-bond acceptors (Lipinski definition) is 3. The molecule has 0 bridgehead atoms. The van der Waals surface area contributed by atoms with Crippen LogP contribution in [0, 0.1) is 6.92 Å². The third kappa shape index (κ3) is 3.60. The number of allylic oxidation sites excluding steroid dienone is 3. The fourth-order valence-corrected chi connectivity index (χ4v) is 4.45. The van der Waals surface area contributed by atoms with Gasteiger partial charge in [0.15, 0.2) is 5.78 Å².